The van der Waals surface area contributed by atoms with Crippen LogP contribution in [0.1, 0.15) is 10.5 Å². The van der Waals surface area contributed by atoms with E-state index in [9.17, 15) is 9.18 Å². The van der Waals surface area contributed by atoms with Crippen LogP contribution in [0.25, 0.3) is 21.7 Å². The van der Waals surface area contributed by atoms with E-state index in [-0.39, 0.29) is 11.2 Å². The third-order valence-corrected chi connectivity index (χ3v) is 4.50. The molecule has 1 aromatic heterocycles. The van der Waals surface area contributed by atoms with Crippen LogP contribution in [0.3, 0.4) is 0 Å². The number of rotatable bonds is 3. The lowest BCUT2D eigenvalue weighted by Crippen LogP contribution is -2.10. The maximum atomic E-state index is 14.0. The van der Waals surface area contributed by atoms with Crippen LogP contribution in [0.15, 0.2) is 54.6 Å². The highest BCUT2D eigenvalue weighted by atomic mass is 19.1. The number of aromatic carboxylic acids is 1. The first-order valence-electron chi connectivity index (χ1n) is 7.76. The van der Waals surface area contributed by atoms with Crippen molar-refractivity contribution in [3.63, 3.8) is 0 Å². The number of H-pyrrole nitrogens is 1. The van der Waals surface area contributed by atoms with Gasteiger partial charge in [-0.15, -0.1) is 0 Å². The average Bonchev–Trinajstić information content (AvgIpc) is 3.11. The number of anilines is 3. The van der Waals surface area contributed by atoms with Crippen LogP contribution in [-0.4, -0.2) is 16.1 Å². The molecule has 0 fully saturated rings. The molecule has 3 N–H and O–H groups in total. The average molecular weight is 333 g/mol. The molecule has 3 aromatic carbocycles. The van der Waals surface area contributed by atoms with Crippen LogP contribution in [0.5, 0.6) is 0 Å². The third kappa shape index (κ3) is 1.97. The van der Waals surface area contributed by atoms with Crippen LogP contribution < -0.4 is 10.4 Å². The van der Waals surface area contributed by atoms with Gasteiger partial charge in [-0.2, -0.15) is 0 Å². The van der Waals surface area contributed by atoms with Gasteiger partial charge in [0.1, 0.15) is 11.5 Å². The summed E-state index contributed by atoms with van der Waals surface area (Å²) < 4.78 is 14.0. The SMILES string of the molecule is O=C(O)c1cc2c(NN3c4ccc5ccccc5c43)ccc(F)c2[nH]1. The van der Waals surface area contributed by atoms with Crippen LogP contribution in [-0.2, 0) is 0 Å². The van der Waals surface area contributed by atoms with Crippen LogP contribution in [0, 0.1) is 5.82 Å². The predicted octanol–water partition coefficient (Wildman–Crippen LogP) is 4.64. The van der Waals surface area contributed by atoms with E-state index in [2.05, 4.69) is 22.5 Å². The molecule has 6 heteroatoms. The van der Waals surface area contributed by atoms with E-state index < -0.39 is 11.8 Å². The van der Waals surface area contributed by atoms with Crippen molar-refractivity contribution >= 4 is 44.7 Å². The first-order valence-corrected chi connectivity index (χ1v) is 7.76. The van der Waals surface area contributed by atoms with Gasteiger partial charge in [-0.05, 0) is 29.7 Å². The van der Waals surface area contributed by atoms with Gasteiger partial charge < -0.3 is 10.1 Å². The molecule has 0 aliphatic carbocycles. The number of aromatic nitrogens is 1. The summed E-state index contributed by atoms with van der Waals surface area (Å²) in [6, 6.07) is 16.5. The van der Waals surface area contributed by atoms with Crippen LogP contribution in [0.2, 0.25) is 0 Å². The molecule has 1 aliphatic rings. The van der Waals surface area contributed by atoms with Crippen molar-refractivity contribution < 1.29 is 14.3 Å². The fraction of sp³-hybridized carbons (Fsp3) is 0. The van der Waals surface area contributed by atoms with E-state index in [4.69, 9.17) is 5.11 Å². The third-order valence-electron chi connectivity index (χ3n) is 4.50. The van der Waals surface area contributed by atoms with E-state index in [0.717, 1.165) is 22.1 Å². The summed E-state index contributed by atoms with van der Waals surface area (Å²) in [6.45, 7) is 0. The van der Waals surface area contributed by atoms with Crippen molar-refractivity contribution in [3.8, 4) is 0 Å². The Morgan fingerprint density at radius 3 is 2.76 bits per heavy atom. The standard InChI is InChI=1S/C19H12FN3O2/c20-13-6-7-14(12-9-15(19(24)25)21-17(12)13)22-23-16-8-5-10-3-1-2-4-11(10)18(16)23/h1-9,21-22H,(H,24,25). The molecule has 4 aromatic rings. The van der Waals surface area contributed by atoms with E-state index in [1.165, 1.54) is 12.1 Å². The molecule has 0 saturated carbocycles. The number of hydrazine groups is 1. The van der Waals surface area contributed by atoms with Gasteiger partial charge in [0.2, 0.25) is 0 Å². The molecular formula is C19H12FN3O2. The molecule has 0 bridgehead atoms. The Balaban J connectivity index is 1.57. The molecule has 2 heterocycles. The maximum absolute atomic E-state index is 14.0. The van der Waals surface area contributed by atoms with Gasteiger partial charge in [0, 0.05) is 10.8 Å². The van der Waals surface area contributed by atoms with Crippen molar-refractivity contribution in [1.82, 2.24) is 4.98 Å². The van der Waals surface area contributed by atoms with Gasteiger partial charge in [-0.25, -0.2) is 9.18 Å². The number of hydrogen-bond donors (Lipinski definition) is 3. The summed E-state index contributed by atoms with van der Waals surface area (Å²) in [7, 11) is 0. The van der Waals surface area contributed by atoms with Crippen LogP contribution >= 0.6 is 0 Å². The summed E-state index contributed by atoms with van der Waals surface area (Å²) in [4.78, 5) is 13.8. The zero-order chi connectivity index (χ0) is 17.1. The lowest BCUT2D eigenvalue weighted by molar-refractivity contribution is 0.0691. The van der Waals surface area contributed by atoms with E-state index in [0.29, 0.717) is 11.1 Å². The molecule has 0 spiro atoms. The normalized spacial score (nSPS) is 12.4. The Hall–Kier alpha value is -3.54. The number of hydrogen-bond acceptors (Lipinski definition) is 3. The van der Waals surface area contributed by atoms with Gasteiger partial charge in [0.05, 0.1) is 22.6 Å². The Kier molecular flexibility index (Phi) is 2.62. The summed E-state index contributed by atoms with van der Waals surface area (Å²) >= 11 is 0. The zero-order valence-electron chi connectivity index (χ0n) is 12.9. The second-order valence-electron chi connectivity index (χ2n) is 5.97. The largest absolute Gasteiger partial charge is 0.477 e. The number of carbonyl (C=O) groups is 1. The van der Waals surface area contributed by atoms with Crippen molar-refractivity contribution in [3.05, 3.63) is 66.1 Å². The lowest BCUT2D eigenvalue weighted by atomic mass is 10.1. The van der Waals surface area contributed by atoms with Gasteiger partial charge in [0.15, 0.2) is 0 Å². The van der Waals surface area contributed by atoms with E-state index in [1.54, 1.807) is 6.07 Å². The van der Waals surface area contributed by atoms with E-state index >= 15 is 0 Å². The quantitative estimate of drug-likeness (QED) is 0.478. The molecule has 0 amide bonds. The number of benzene rings is 3. The molecule has 0 radical (unpaired) electrons. The van der Waals surface area contributed by atoms with Gasteiger partial charge >= 0.3 is 5.97 Å². The Labute approximate surface area is 141 Å². The molecule has 0 saturated heterocycles. The molecule has 5 nitrogen and oxygen atoms in total. The first kappa shape index (κ1) is 13.9. The van der Waals surface area contributed by atoms with Crippen molar-refractivity contribution in [2.75, 3.05) is 10.4 Å². The fourth-order valence-electron chi connectivity index (χ4n) is 3.25. The first-order chi connectivity index (χ1) is 12.1. The second-order valence-corrected chi connectivity index (χ2v) is 5.97. The summed E-state index contributed by atoms with van der Waals surface area (Å²) in [5.74, 6) is -1.61. The molecule has 122 valence electrons. The smallest absolute Gasteiger partial charge is 0.352 e. The number of carboxylic acids is 1. The number of nitrogens with one attached hydrogen (secondary N) is 2. The molecule has 25 heavy (non-hydrogen) atoms. The van der Waals surface area contributed by atoms with Gasteiger partial charge in [-0.3, -0.25) is 10.4 Å². The van der Waals surface area contributed by atoms with Crippen molar-refractivity contribution in [2.24, 2.45) is 0 Å². The monoisotopic (exact) mass is 333 g/mol. The predicted molar refractivity (Wildman–Crippen MR) is 94.9 cm³/mol. The molecule has 5 rings (SSSR count). The Morgan fingerprint density at radius 2 is 1.92 bits per heavy atom. The topological polar surface area (TPSA) is 68.1 Å². The second kappa shape index (κ2) is 4.73. The van der Waals surface area contributed by atoms with Crippen molar-refractivity contribution in [1.29, 1.82) is 0 Å². The minimum Gasteiger partial charge on any atom is -0.477 e. The highest BCUT2D eigenvalue weighted by Gasteiger charge is 2.32. The maximum Gasteiger partial charge on any atom is 0.352 e. The summed E-state index contributed by atoms with van der Waals surface area (Å²) in [5.41, 5.74) is 6.14. The van der Waals surface area contributed by atoms with Crippen molar-refractivity contribution in [2.45, 2.75) is 0 Å². The highest BCUT2D eigenvalue weighted by Crippen LogP contribution is 2.52. The van der Waals surface area contributed by atoms with E-state index in [1.807, 2.05) is 29.3 Å². The summed E-state index contributed by atoms with van der Waals surface area (Å²) in [6.07, 6.45) is 0. The zero-order valence-corrected chi connectivity index (χ0v) is 12.9. The number of fused-ring (bicyclic) bond motifs is 4. The molecule has 0 unspecified atom stereocenters. The van der Waals surface area contributed by atoms with Crippen LogP contribution in [0.4, 0.5) is 21.5 Å². The number of halogens is 1. The summed E-state index contributed by atoms with van der Waals surface area (Å²) in [5, 5.41) is 13.8. The van der Waals surface area contributed by atoms with Gasteiger partial charge in [0.25, 0.3) is 0 Å². The minimum atomic E-state index is -1.12. The molecule has 1 aliphatic heterocycles. The van der Waals surface area contributed by atoms with Gasteiger partial charge in [-0.1, -0.05) is 30.3 Å². The Morgan fingerprint density at radius 1 is 1.08 bits per heavy atom. The number of aromatic amines is 1. The highest BCUT2D eigenvalue weighted by molar-refractivity contribution is 6.14. The number of carboxylic acid groups (broad SMARTS) is 1. The lowest BCUT2D eigenvalue weighted by Gasteiger charge is -2.09. The minimum absolute atomic E-state index is 0.0445. The Bertz CT molecular complexity index is 1180. The number of nitrogens with zero attached hydrogens (tertiary/aromatic N) is 1. The fourth-order valence-corrected chi connectivity index (χ4v) is 3.25. The molecule has 0 atom stereocenters. The molecular weight excluding hydrogens is 321 g/mol.